The van der Waals surface area contributed by atoms with Crippen molar-refractivity contribution in [2.45, 2.75) is 49.2 Å². The molecule has 1 aliphatic heterocycles. The van der Waals surface area contributed by atoms with Crippen LogP contribution in [0.4, 0.5) is 26.3 Å². The highest BCUT2D eigenvalue weighted by atomic mass is 32.7. The van der Waals surface area contributed by atoms with Crippen molar-refractivity contribution >= 4 is 34.1 Å². The Bertz CT molecular complexity index is 1680. The molecule has 0 unspecified atom stereocenters. The molecular weight excluding hydrogens is 663 g/mol. The molecule has 0 bridgehead atoms. The Labute approximate surface area is 250 Å². The van der Waals surface area contributed by atoms with Crippen molar-refractivity contribution in [3.63, 3.8) is 0 Å². The molecule has 0 saturated carbocycles. The van der Waals surface area contributed by atoms with E-state index in [0.29, 0.717) is 15.4 Å². The Hall–Kier alpha value is -3.09. The molecule has 11 nitrogen and oxygen atoms in total. The number of nitrogens with zero attached hydrogens (tertiary/aromatic N) is 5. The molecular formula is C24H22F6N5O6PS2. The average molecular weight is 686 g/mol. The Morgan fingerprint density at radius 1 is 1.11 bits per heavy atom. The second kappa shape index (κ2) is 12.7. The maximum atomic E-state index is 14.9. The summed E-state index contributed by atoms with van der Waals surface area (Å²) < 4.78 is 121. The molecule has 3 heterocycles. The third-order valence-corrected chi connectivity index (χ3v) is 10.7. The normalized spacial score (nSPS) is 19.7. The number of alkyl halides is 4. The summed E-state index contributed by atoms with van der Waals surface area (Å²) in [7, 11) is -4.61. The highest BCUT2D eigenvalue weighted by Crippen LogP contribution is 2.50. The fraction of sp³-hybridized carbons (Fsp3) is 0.333. The van der Waals surface area contributed by atoms with E-state index in [-0.39, 0.29) is 28.2 Å². The number of carbonyl (C=O) groups excluding carboxylic acids is 1. The first-order chi connectivity index (χ1) is 20.4. The number of halogens is 6. The zero-order valence-corrected chi connectivity index (χ0v) is 24.8. The van der Waals surface area contributed by atoms with E-state index < -0.39 is 88.4 Å². The zero-order valence-electron chi connectivity index (χ0n) is 22.3. The van der Waals surface area contributed by atoms with Crippen LogP contribution < -0.4 is 0 Å². The summed E-state index contributed by atoms with van der Waals surface area (Å²) in [4.78, 5) is 43.0. The number of carbonyl (C=O) groups is 1. The van der Waals surface area contributed by atoms with Crippen molar-refractivity contribution in [1.82, 2.24) is 24.2 Å². The largest absolute Gasteiger partial charge is 0.451 e. The van der Waals surface area contributed by atoms with Gasteiger partial charge in [0.25, 0.3) is 0 Å². The molecule has 2 aromatic heterocycles. The molecule has 0 spiro atoms. The van der Waals surface area contributed by atoms with Crippen LogP contribution >= 0.6 is 18.2 Å². The number of sulfonamides is 1. The first-order valence-electron chi connectivity index (χ1n) is 12.3. The smallest absolute Gasteiger partial charge is 0.327 e. The maximum absolute atomic E-state index is 14.9. The van der Waals surface area contributed by atoms with Crippen molar-refractivity contribution in [3.8, 4) is 11.3 Å². The predicted molar refractivity (Wildman–Crippen MR) is 143 cm³/mol. The van der Waals surface area contributed by atoms with Crippen molar-refractivity contribution in [3.05, 3.63) is 71.9 Å². The number of benzene rings is 1. The molecule has 1 aromatic carbocycles. The summed E-state index contributed by atoms with van der Waals surface area (Å²) in [6, 6.07) is 1.47. The van der Waals surface area contributed by atoms with Crippen LogP contribution in [0, 0.1) is 11.6 Å². The number of rotatable bonds is 9. The molecule has 1 saturated heterocycles. The minimum Gasteiger partial charge on any atom is -0.327 e. The van der Waals surface area contributed by atoms with Gasteiger partial charge in [-0.25, -0.2) is 36.1 Å². The van der Waals surface area contributed by atoms with Crippen molar-refractivity contribution in [2.24, 2.45) is 0 Å². The zero-order chi connectivity index (χ0) is 32.6. The van der Waals surface area contributed by atoms with Gasteiger partial charge in [0.05, 0.1) is 28.7 Å². The number of hydrogen-bond acceptors (Lipinski definition) is 8. The van der Waals surface area contributed by atoms with E-state index in [4.69, 9.17) is 0 Å². The third-order valence-electron chi connectivity index (χ3n) is 6.55. The van der Waals surface area contributed by atoms with Crippen LogP contribution in [0.2, 0.25) is 0 Å². The minimum atomic E-state index is -4.84. The quantitative estimate of drug-likeness (QED) is 0.191. The summed E-state index contributed by atoms with van der Waals surface area (Å²) in [5, 5.41) is 0. The Balaban J connectivity index is 1.69. The van der Waals surface area contributed by atoms with E-state index in [9.17, 15) is 53.9 Å². The number of aromatic nitrogens is 3. The lowest BCUT2D eigenvalue weighted by atomic mass is 10.1. The second-order valence-corrected chi connectivity index (χ2v) is 15.1. The van der Waals surface area contributed by atoms with Crippen LogP contribution in [-0.4, -0.2) is 72.4 Å². The maximum Gasteiger partial charge on any atom is 0.451 e. The van der Waals surface area contributed by atoms with Gasteiger partial charge in [0.2, 0.25) is 21.8 Å². The highest BCUT2D eigenvalue weighted by Gasteiger charge is 2.50. The van der Waals surface area contributed by atoms with Crippen molar-refractivity contribution < 1.29 is 53.9 Å². The average Bonchev–Trinajstić information content (AvgIpc) is 3.25. The molecule has 238 valence electrons. The molecule has 0 aliphatic carbocycles. The predicted octanol–water partition coefficient (Wildman–Crippen LogP) is 4.14. The molecule has 1 fully saturated rings. The van der Waals surface area contributed by atoms with E-state index in [1.54, 1.807) is 0 Å². The standard InChI is InChI=1S/C24H22F6N5O6PS2/c1-13-18(26)7-21(35(13)44(40,41)17-4-2-16(25)3-5-17)22(36)34(12-43-42(37,38)39)11-14-6-20(31-10-19(14)27)15-8-32-23(33-9-15)24(28,29)30/h2-6,8-10,13,18,21H,7,11-12H2,1H3,(H2,37,38,39)/t13-,18+,21-/m0/s1. The van der Waals surface area contributed by atoms with Crippen LogP contribution in [-0.2, 0) is 32.1 Å². The first kappa shape index (κ1) is 33.8. The summed E-state index contributed by atoms with van der Waals surface area (Å²) in [6.07, 6.45) is -5.07. The van der Waals surface area contributed by atoms with Gasteiger partial charge in [-0.05, 0) is 48.6 Å². The van der Waals surface area contributed by atoms with E-state index in [1.165, 1.54) is 6.92 Å². The van der Waals surface area contributed by atoms with Gasteiger partial charge in [0.15, 0.2) is 0 Å². The van der Waals surface area contributed by atoms with Gasteiger partial charge in [-0.3, -0.25) is 9.78 Å². The van der Waals surface area contributed by atoms with Crippen LogP contribution in [0.1, 0.15) is 24.7 Å². The SMILES string of the molecule is C[C@H]1[C@H](F)C[C@@H](C(=O)N(CSP(=O)(O)O)Cc2cc(-c3cnc(C(F)(F)F)nc3)ncc2F)N1S(=O)(=O)c1ccc(F)cc1. The van der Waals surface area contributed by atoms with Crippen LogP contribution in [0.25, 0.3) is 11.3 Å². The first-order valence-corrected chi connectivity index (χ1v) is 17.0. The topological polar surface area (TPSA) is 154 Å². The van der Waals surface area contributed by atoms with Crippen molar-refractivity contribution in [2.75, 3.05) is 5.88 Å². The van der Waals surface area contributed by atoms with Gasteiger partial charge in [-0.1, -0.05) is 0 Å². The van der Waals surface area contributed by atoms with Gasteiger partial charge in [-0.2, -0.15) is 17.5 Å². The number of hydrogen-bond donors (Lipinski definition) is 2. The summed E-state index contributed by atoms with van der Waals surface area (Å²) >= 11 is -0.0296. The molecule has 44 heavy (non-hydrogen) atoms. The van der Waals surface area contributed by atoms with E-state index in [1.807, 2.05) is 0 Å². The lowest BCUT2D eigenvalue weighted by Gasteiger charge is -2.31. The van der Waals surface area contributed by atoms with E-state index in [0.717, 1.165) is 42.7 Å². The molecule has 20 heteroatoms. The molecule has 3 aromatic rings. The van der Waals surface area contributed by atoms with Gasteiger partial charge in [-0.15, -0.1) is 0 Å². The highest BCUT2D eigenvalue weighted by molar-refractivity contribution is 8.54. The summed E-state index contributed by atoms with van der Waals surface area (Å²) in [6.45, 7) is -4.37. The van der Waals surface area contributed by atoms with E-state index >= 15 is 0 Å². The van der Waals surface area contributed by atoms with Crippen LogP contribution in [0.3, 0.4) is 0 Å². The number of amides is 1. The van der Waals surface area contributed by atoms with Crippen LogP contribution in [0.15, 0.2) is 53.8 Å². The molecule has 3 atom stereocenters. The molecule has 1 amide bonds. The minimum absolute atomic E-state index is 0.0296. The van der Waals surface area contributed by atoms with Crippen molar-refractivity contribution in [1.29, 1.82) is 0 Å². The van der Waals surface area contributed by atoms with Gasteiger partial charge >= 0.3 is 13.0 Å². The lowest BCUT2D eigenvalue weighted by molar-refractivity contribution is -0.145. The van der Waals surface area contributed by atoms with Crippen LogP contribution in [0.5, 0.6) is 0 Å². The second-order valence-electron chi connectivity index (χ2n) is 9.54. The molecule has 1 aliphatic rings. The third kappa shape index (κ3) is 7.58. The lowest BCUT2D eigenvalue weighted by Crippen LogP contribution is -2.49. The Morgan fingerprint density at radius 2 is 1.73 bits per heavy atom. The van der Waals surface area contributed by atoms with Gasteiger partial charge < -0.3 is 14.7 Å². The molecule has 4 rings (SSSR count). The fourth-order valence-electron chi connectivity index (χ4n) is 4.40. The Morgan fingerprint density at radius 3 is 2.30 bits per heavy atom. The van der Waals surface area contributed by atoms with Gasteiger partial charge in [0.1, 0.15) is 23.8 Å². The molecule has 0 radical (unpaired) electrons. The summed E-state index contributed by atoms with van der Waals surface area (Å²) in [5.74, 6) is -5.14. The summed E-state index contributed by atoms with van der Waals surface area (Å²) in [5.41, 5.74) is -0.516. The monoisotopic (exact) mass is 685 g/mol. The Kier molecular flexibility index (Phi) is 9.77. The van der Waals surface area contributed by atoms with E-state index in [2.05, 4.69) is 15.0 Å². The molecule has 2 N–H and O–H groups in total. The number of pyridine rings is 1. The van der Waals surface area contributed by atoms with Gasteiger partial charge in [0, 0.05) is 36.5 Å². The fourth-order valence-corrected chi connectivity index (χ4v) is 7.58.